The van der Waals surface area contributed by atoms with Crippen LogP contribution in [0.4, 0.5) is 0 Å². The lowest BCUT2D eigenvalue weighted by molar-refractivity contribution is -0.138. The molecule has 0 saturated heterocycles. The Balaban J connectivity index is 3.21. The van der Waals surface area contributed by atoms with Crippen molar-refractivity contribution in [2.75, 3.05) is 0 Å². The van der Waals surface area contributed by atoms with Crippen molar-refractivity contribution in [3.63, 3.8) is 0 Å². The molecule has 1 heterocycles. The summed E-state index contributed by atoms with van der Waals surface area (Å²) in [6, 6.07) is -1.18. The summed E-state index contributed by atoms with van der Waals surface area (Å²) in [5.74, 6) is -1.23. The van der Waals surface area contributed by atoms with E-state index in [1.165, 1.54) is 6.92 Å². The minimum absolute atomic E-state index is 0.0532. The molecule has 0 saturated carbocycles. The van der Waals surface area contributed by atoms with Gasteiger partial charge in [-0.3, -0.25) is 9.48 Å². The number of carbonyl (C=O) groups is 1. The quantitative estimate of drug-likeness (QED) is 0.803. The smallest absolute Gasteiger partial charge is 0.321 e. The van der Waals surface area contributed by atoms with Gasteiger partial charge in [0.25, 0.3) is 0 Å². The monoisotopic (exact) mass is 275 g/mol. The minimum Gasteiger partial charge on any atom is -0.480 e. The molecule has 0 aliphatic carbocycles. The molecule has 0 spiro atoms. The van der Waals surface area contributed by atoms with Gasteiger partial charge in [-0.2, -0.15) is 9.82 Å². The highest BCUT2D eigenvalue weighted by atomic mass is 32.2. The zero-order valence-electron chi connectivity index (χ0n) is 10.8. The first-order chi connectivity index (χ1) is 8.20. The van der Waals surface area contributed by atoms with Gasteiger partial charge in [0.15, 0.2) is 0 Å². The number of nitrogens with one attached hydrogen (secondary N) is 1. The summed E-state index contributed by atoms with van der Waals surface area (Å²) in [6.45, 7) is 6.90. The van der Waals surface area contributed by atoms with Crippen molar-refractivity contribution in [3.05, 3.63) is 11.4 Å². The van der Waals surface area contributed by atoms with Crippen molar-refractivity contribution < 1.29 is 18.3 Å². The Hall–Kier alpha value is -1.41. The molecular weight excluding hydrogens is 258 g/mol. The third kappa shape index (κ3) is 2.70. The van der Waals surface area contributed by atoms with Crippen LogP contribution in [0.2, 0.25) is 0 Å². The van der Waals surface area contributed by atoms with Crippen LogP contribution in [0, 0.1) is 13.8 Å². The van der Waals surface area contributed by atoms with Crippen LogP contribution < -0.4 is 4.72 Å². The summed E-state index contributed by atoms with van der Waals surface area (Å²) in [7, 11) is -3.87. The molecule has 1 aromatic rings. The Morgan fingerprint density at radius 3 is 2.44 bits per heavy atom. The van der Waals surface area contributed by atoms with Gasteiger partial charge >= 0.3 is 5.97 Å². The third-order valence-electron chi connectivity index (χ3n) is 2.59. The summed E-state index contributed by atoms with van der Waals surface area (Å²) >= 11 is 0. The van der Waals surface area contributed by atoms with E-state index in [0.29, 0.717) is 17.9 Å². The predicted octanol–water partition coefficient (Wildman–Crippen LogP) is 0.271. The lowest BCUT2D eigenvalue weighted by Gasteiger charge is -2.10. The van der Waals surface area contributed by atoms with E-state index in [-0.39, 0.29) is 4.90 Å². The van der Waals surface area contributed by atoms with Gasteiger partial charge in [-0.25, -0.2) is 8.42 Å². The van der Waals surface area contributed by atoms with Crippen LogP contribution in [0.15, 0.2) is 4.90 Å². The maximum atomic E-state index is 12.1. The third-order valence-corrected chi connectivity index (χ3v) is 4.38. The van der Waals surface area contributed by atoms with E-state index in [0.717, 1.165) is 0 Å². The van der Waals surface area contributed by atoms with Crippen molar-refractivity contribution in [1.82, 2.24) is 14.5 Å². The van der Waals surface area contributed by atoms with E-state index in [9.17, 15) is 13.2 Å². The van der Waals surface area contributed by atoms with Gasteiger partial charge in [-0.15, -0.1) is 0 Å². The molecule has 8 heteroatoms. The van der Waals surface area contributed by atoms with Crippen molar-refractivity contribution >= 4 is 16.0 Å². The van der Waals surface area contributed by atoms with E-state index >= 15 is 0 Å². The zero-order valence-corrected chi connectivity index (χ0v) is 11.6. The molecular formula is C10H17N3O4S. The molecule has 1 rings (SSSR count). The number of carboxylic acids is 1. The Labute approximate surface area is 106 Å². The first-order valence-electron chi connectivity index (χ1n) is 5.49. The molecule has 102 valence electrons. The number of carboxylic acid groups (broad SMARTS) is 1. The normalized spacial score (nSPS) is 13.6. The van der Waals surface area contributed by atoms with Crippen molar-refractivity contribution in [2.45, 2.75) is 45.2 Å². The van der Waals surface area contributed by atoms with Crippen LogP contribution in [0.3, 0.4) is 0 Å². The van der Waals surface area contributed by atoms with Gasteiger partial charge in [-0.1, -0.05) is 0 Å². The molecule has 1 atom stereocenters. The molecule has 18 heavy (non-hydrogen) atoms. The Morgan fingerprint density at radius 2 is 2.06 bits per heavy atom. The van der Waals surface area contributed by atoms with E-state index in [4.69, 9.17) is 5.11 Å². The number of rotatable bonds is 5. The zero-order chi connectivity index (χ0) is 14.1. The Morgan fingerprint density at radius 1 is 1.50 bits per heavy atom. The molecule has 0 unspecified atom stereocenters. The molecule has 0 radical (unpaired) electrons. The number of aliphatic carboxylic acids is 1. The maximum Gasteiger partial charge on any atom is 0.321 e. The van der Waals surface area contributed by atoms with E-state index < -0.39 is 22.0 Å². The summed E-state index contributed by atoms with van der Waals surface area (Å²) in [5.41, 5.74) is 0.861. The first-order valence-corrected chi connectivity index (χ1v) is 6.98. The Bertz CT molecular complexity index is 562. The molecule has 7 nitrogen and oxygen atoms in total. The standard InChI is InChI=1S/C10H17N3O4S/c1-5-13-8(4)9(6(2)11-13)18(16,17)12-7(3)10(14)15/h7,12H,5H2,1-4H3,(H,14,15)/t7-/m0/s1. The highest BCUT2D eigenvalue weighted by Gasteiger charge is 2.27. The minimum atomic E-state index is -3.87. The van der Waals surface area contributed by atoms with Crippen LogP contribution in [0.1, 0.15) is 25.2 Å². The van der Waals surface area contributed by atoms with Gasteiger partial charge in [0.2, 0.25) is 10.0 Å². The molecule has 0 bridgehead atoms. The lowest BCUT2D eigenvalue weighted by atomic mass is 10.4. The summed E-state index contributed by atoms with van der Waals surface area (Å²) < 4.78 is 27.9. The predicted molar refractivity (Wildman–Crippen MR) is 64.8 cm³/mol. The Kier molecular flexibility index (Phi) is 4.12. The summed E-state index contributed by atoms with van der Waals surface area (Å²) in [5, 5.41) is 12.8. The molecule has 0 fully saturated rings. The maximum absolute atomic E-state index is 12.1. The second-order valence-electron chi connectivity index (χ2n) is 4.00. The van der Waals surface area contributed by atoms with Gasteiger partial charge in [0.05, 0.1) is 11.4 Å². The van der Waals surface area contributed by atoms with E-state index in [1.807, 2.05) is 6.92 Å². The van der Waals surface area contributed by atoms with Gasteiger partial charge in [0, 0.05) is 6.54 Å². The summed E-state index contributed by atoms with van der Waals surface area (Å²) in [6.07, 6.45) is 0. The number of nitrogens with zero attached hydrogens (tertiary/aromatic N) is 2. The number of hydrogen-bond donors (Lipinski definition) is 2. The highest BCUT2D eigenvalue weighted by Crippen LogP contribution is 2.19. The van der Waals surface area contributed by atoms with Crippen molar-refractivity contribution in [1.29, 1.82) is 0 Å². The SMILES string of the molecule is CCn1nc(C)c(S(=O)(=O)N[C@@H](C)C(=O)O)c1C. The highest BCUT2D eigenvalue weighted by molar-refractivity contribution is 7.89. The average molecular weight is 275 g/mol. The first kappa shape index (κ1) is 14.7. The van der Waals surface area contributed by atoms with Crippen molar-refractivity contribution in [2.24, 2.45) is 0 Å². The number of hydrogen-bond acceptors (Lipinski definition) is 4. The molecule has 0 aromatic carbocycles. The summed E-state index contributed by atoms with van der Waals surface area (Å²) in [4.78, 5) is 10.7. The number of aryl methyl sites for hydroxylation is 2. The fraction of sp³-hybridized carbons (Fsp3) is 0.600. The fourth-order valence-electron chi connectivity index (χ4n) is 1.72. The second kappa shape index (κ2) is 5.07. The van der Waals surface area contributed by atoms with Crippen LogP contribution in [0.25, 0.3) is 0 Å². The van der Waals surface area contributed by atoms with Crippen LogP contribution in [-0.4, -0.2) is 35.3 Å². The van der Waals surface area contributed by atoms with Gasteiger partial charge < -0.3 is 5.11 Å². The molecule has 0 amide bonds. The van der Waals surface area contributed by atoms with Crippen LogP contribution in [-0.2, 0) is 21.4 Å². The number of sulfonamides is 1. The topological polar surface area (TPSA) is 101 Å². The average Bonchev–Trinajstić information content (AvgIpc) is 2.53. The lowest BCUT2D eigenvalue weighted by Crippen LogP contribution is -2.38. The van der Waals surface area contributed by atoms with Crippen LogP contribution >= 0.6 is 0 Å². The van der Waals surface area contributed by atoms with E-state index in [2.05, 4.69) is 9.82 Å². The molecule has 2 N–H and O–H groups in total. The molecule has 0 aliphatic rings. The van der Waals surface area contributed by atoms with Crippen LogP contribution in [0.5, 0.6) is 0 Å². The van der Waals surface area contributed by atoms with Crippen molar-refractivity contribution in [3.8, 4) is 0 Å². The van der Waals surface area contributed by atoms with E-state index in [1.54, 1.807) is 18.5 Å². The fourth-order valence-corrected chi connectivity index (χ4v) is 3.33. The van der Waals surface area contributed by atoms with Gasteiger partial charge in [0.1, 0.15) is 10.9 Å². The largest absolute Gasteiger partial charge is 0.480 e. The molecule has 0 aliphatic heterocycles. The van der Waals surface area contributed by atoms with Gasteiger partial charge in [-0.05, 0) is 27.7 Å². The molecule has 1 aromatic heterocycles. The second-order valence-corrected chi connectivity index (χ2v) is 5.65. The number of aromatic nitrogens is 2.